The molecule has 0 aliphatic heterocycles. The molecule has 0 aromatic heterocycles. The quantitative estimate of drug-likeness (QED) is 0.229. The van der Waals surface area contributed by atoms with Crippen molar-refractivity contribution in [1.29, 1.82) is 0 Å². The first kappa shape index (κ1) is 27.6. The molecule has 5 aromatic carbocycles. The van der Waals surface area contributed by atoms with Crippen molar-refractivity contribution in [2.45, 2.75) is 13.3 Å². The number of halogens is 2. The number of aryl methyl sites for hydroxylation is 1. The van der Waals surface area contributed by atoms with Crippen LogP contribution in [0, 0.1) is 6.92 Å². The molecule has 5 heteroatoms. The van der Waals surface area contributed by atoms with Crippen LogP contribution in [0.4, 0.5) is 5.69 Å². The van der Waals surface area contributed by atoms with Gasteiger partial charge in [0.2, 0.25) is 0 Å². The molecule has 0 spiro atoms. The van der Waals surface area contributed by atoms with E-state index in [0.717, 1.165) is 6.42 Å². The first-order valence-electron chi connectivity index (χ1n) is 12.3. The third-order valence-electron chi connectivity index (χ3n) is 6.99. The van der Waals surface area contributed by atoms with Crippen LogP contribution in [0.15, 0.2) is 127 Å². The molecular formula is C32H28Cl2HfNSi. The van der Waals surface area contributed by atoms with Crippen LogP contribution in [0.25, 0.3) is 11.1 Å². The average Bonchev–Trinajstić information content (AvgIpc) is 3.29. The largest absolute Gasteiger partial charge is 1.00 e. The van der Waals surface area contributed by atoms with E-state index in [4.69, 9.17) is 0 Å². The first-order chi connectivity index (χ1) is 17.3. The molecule has 0 fully saturated rings. The molecular weight excluding hydrogens is 676 g/mol. The maximum Gasteiger partial charge on any atom is -1.00 e. The van der Waals surface area contributed by atoms with Crippen molar-refractivity contribution in [1.82, 2.24) is 0 Å². The van der Waals surface area contributed by atoms with Crippen LogP contribution in [0.1, 0.15) is 16.7 Å². The summed E-state index contributed by atoms with van der Waals surface area (Å²) in [4.78, 5) is 0. The van der Waals surface area contributed by atoms with Gasteiger partial charge in [-0.25, -0.2) is 0 Å². The van der Waals surface area contributed by atoms with E-state index in [2.05, 4.69) is 138 Å². The third-order valence-corrected chi connectivity index (χ3v) is 32.6. The predicted octanol–water partition coefficient (Wildman–Crippen LogP) is -0.617. The van der Waals surface area contributed by atoms with Gasteiger partial charge in [-0.15, -0.1) is 0 Å². The maximum absolute atomic E-state index is 4.26. The van der Waals surface area contributed by atoms with Crippen LogP contribution >= 0.6 is 0 Å². The van der Waals surface area contributed by atoms with E-state index in [-0.39, 0.29) is 24.8 Å². The minimum absolute atomic E-state index is 0. The van der Waals surface area contributed by atoms with Crippen LogP contribution in [-0.2, 0) is 27.3 Å². The van der Waals surface area contributed by atoms with Gasteiger partial charge in [-0.3, -0.25) is 0 Å². The zero-order valence-electron chi connectivity index (χ0n) is 20.7. The smallest absolute Gasteiger partial charge is 1.00 e. The molecule has 0 unspecified atom stereocenters. The Balaban J connectivity index is 0.00000160. The monoisotopic (exact) mass is 704 g/mol. The molecule has 5 aromatic rings. The molecule has 6 rings (SSSR count). The van der Waals surface area contributed by atoms with Crippen molar-refractivity contribution in [2.24, 2.45) is 0 Å². The minimum atomic E-state index is -2.71. The number of anilines is 1. The normalized spacial score (nSPS) is 11.1. The zero-order chi connectivity index (χ0) is 23.6. The molecule has 1 nitrogen and oxygen atoms in total. The Morgan fingerprint density at radius 1 is 0.622 bits per heavy atom. The Morgan fingerprint density at radius 2 is 1.22 bits per heavy atom. The van der Waals surface area contributed by atoms with E-state index >= 15 is 0 Å². The number of rotatable bonds is 6. The number of hydrogen-bond acceptors (Lipinski definition) is 1. The Labute approximate surface area is 241 Å². The van der Waals surface area contributed by atoms with Crippen LogP contribution < -0.4 is 41.8 Å². The number of hydrogen-bond donors (Lipinski definition) is 1. The van der Waals surface area contributed by atoms with Crippen LogP contribution in [-0.4, -0.2) is 5.98 Å². The molecule has 0 atom stereocenters. The maximum atomic E-state index is 4.26. The summed E-state index contributed by atoms with van der Waals surface area (Å²) >= 11 is -2.71. The van der Waals surface area contributed by atoms with Gasteiger partial charge >= 0.3 is 218 Å². The SMILES string of the molecule is Cc1cccc([NH][Hf+2]([c]2cccc3c2Cc2ccccc2-3)[SiH](c2ccccc2)c2ccccc2)c1.[Cl-].[Cl-]. The third kappa shape index (κ3) is 5.71. The van der Waals surface area contributed by atoms with Crippen molar-refractivity contribution < 1.29 is 45.7 Å². The van der Waals surface area contributed by atoms with Gasteiger partial charge in [0.25, 0.3) is 0 Å². The van der Waals surface area contributed by atoms with Gasteiger partial charge in [0.15, 0.2) is 0 Å². The standard InChI is InChI=1S/C13H9.C12H11Si.C7H8N.2ClH.Hf/c1-3-7-12-10(5-1)9-11-6-2-4-8-13(11)12;1-3-7-11(8-4-1)13-12-9-5-2-6-10-12;1-6-3-2-4-7(8)5-6;;;/h1-5,7-8H,9H2;1-10,13H;2-5,8H,1H3;2*1H;/q;;-1;;;+3/p-2. The fraction of sp³-hybridized carbons (Fsp3) is 0.0625. The van der Waals surface area contributed by atoms with E-state index in [0.29, 0.717) is 0 Å². The van der Waals surface area contributed by atoms with Gasteiger partial charge < -0.3 is 24.8 Å². The summed E-state index contributed by atoms with van der Waals surface area (Å²) in [6.07, 6.45) is 1.05. The Morgan fingerprint density at radius 3 is 1.89 bits per heavy atom. The molecule has 183 valence electrons. The second kappa shape index (κ2) is 12.4. The number of nitrogens with one attached hydrogen (secondary N) is 1. The van der Waals surface area contributed by atoms with Gasteiger partial charge in [0, 0.05) is 0 Å². The summed E-state index contributed by atoms with van der Waals surface area (Å²) in [5, 5.41) is 3.10. The summed E-state index contributed by atoms with van der Waals surface area (Å²) in [6.45, 7) is 2.19. The van der Waals surface area contributed by atoms with Crippen LogP contribution in [0.5, 0.6) is 0 Å². The van der Waals surface area contributed by atoms with Crippen molar-refractivity contribution in [2.75, 3.05) is 3.30 Å². The average molecular weight is 704 g/mol. The van der Waals surface area contributed by atoms with Gasteiger partial charge in [0.05, 0.1) is 0 Å². The fourth-order valence-corrected chi connectivity index (χ4v) is 33.1. The van der Waals surface area contributed by atoms with Crippen molar-refractivity contribution >= 4 is 25.4 Å². The van der Waals surface area contributed by atoms with E-state index in [1.807, 2.05) is 0 Å². The molecule has 1 aliphatic rings. The van der Waals surface area contributed by atoms with Gasteiger partial charge in [-0.2, -0.15) is 0 Å². The van der Waals surface area contributed by atoms with Gasteiger partial charge in [0.1, 0.15) is 0 Å². The van der Waals surface area contributed by atoms with Crippen molar-refractivity contribution in [3.8, 4) is 11.1 Å². The Bertz CT molecular complexity index is 1440. The van der Waals surface area contributed by atoms with Crippen LogP contribution in [0.2, 0.25) is 0 Å². The zero-order valence-corrected chi connectivity index (χ0v) is 26.9. The molecule has 1 aliphatic carbocycles. The van der Waals surface area contributed by atoms with Gasteiger partial charge in [-0.1, -0.05) is 0 Å². The van der Waals surface area contributed by atoms with Crippen LogP contribution in [0.3, 0.4) is 0 Å². The topological polar surface area (TPSA) is 12.0 Å². The minimum Gasteiger partial charge on any atom is -1.00 e. The summed E-state index contributed by atoms with van der Waals surface area (Å²) in [5.41, 5.74) is 8.49. The number of fused-ring (bicyclic) bond motifs is 3. The van der Waals surface area contributed by atoms with E-state index in [9.17, 15) is 0 Å². The summed E-state index contributed by atoms with van der Waals surface area (Å²) in [7, 11) is 0. The second-order valence-corrected chi connectivity index (χ2v) is 28.3. The summed E-state index contributed by atoms with van der Waals surface area (Å²) in [6, 6.07) is 47.7. The fourth-order valence-electron chi connectivity index (χ4n) is 5.40. The van der Waals surface area contributed by atoms with Gasteiger partial charge in [-0.05, 0) is 0 Å². The molecule has 0 saturated heterocycles. The second-order valence-electron chi connectivity index (χ2n) is 9.33. The molecule has 0 amide bonds. The molecule has 1 N–H and O–H groups in total. The van der Waals surface area contributed by atoms with Crippen molar-refractivity contribution in [3.63, 3.8) is 0 Å². The van der Waals surface area contributed by atoms with Crippen molar-refractivity contribution in [3.05, 3.63) is 144 Å². The Kier molecular flexibility index (Phi) is 9.25. The molecule has 0 bridgehead atoms. The molecule has 0 heterocycles. The van der Waals surface area contributed by atoms with E-state index in [1.165, 1.54) is 27.9 Å². The number of benzene rings is 5. The Hall–Kier alpha value is -2.43. The van der Waals surface area contributed by atoms with E-state index in [1.54, 1.807) is 19.3 Å². The van der Waals surface area contributed by atoms with E-state index < -0.39 is 26.9 Å². The molecule has 0 radical (unpaired) electrons. The predicted molar refractivity (Wildman–Crippen MR) is 148 cm³/mol. The molecule has 37 heavy (non-hydrogen) atoms. The first-order valence-corrected chi connectivity index (χ1v) is 23.8. The summed E-state index contributed by atoms with van der Waals surface area (Å²) in [5.74, 6) is -1.51. The summed E-state index contributed by atoms with van der Waals surface area (Å²) < 4.78 is 5.91. The molecule has 0 saturated carbocycles.